The number of hydrogen-bond donors (Lipinski definition) is 0. The van der Waals surface area contributed by atoms with Crippen LogP contribution in [0.5, 0.6) is 0 Å². The van der Waals surface area contributed by atoms with Crippen LogP contribution in [0.2, 0.25) is 0 Å². The maximum Gasteiger partial charge on any atom is 0.337 e. The van der Waals surface area contributed by atoms with Gasteiger partial charge in [0.2, 0.25) is 0 Å². The first-order valence-electron chi connectivity index (χ1n) is 8.89. The highest BCUT2D eigenvalue weighted by Gasteiger charge is 2.34. The van der Waals surface area contributed by atoms with Crippen molar-refractivity contribution in [3.63, 3.8) is 0 Å². The van der Waals surface area contributed by atoms with E-state index in [0.717, 1.165) is 32.2 Å². The topological polar surface area (TPSA) is 61.9 Å². The summed E-state index contributed by atoms with van der Waals surface area (Å²) in [7, 11) is 0. The molecule has 2 atom stereocenters. The number of imidazole rings is 1. The van der Waals surface area contributed by atoms with Gasteiger partial charge in [-0.25, -0.2) is 14.2 Å². The van der Waals surface area contributed by atoms with Gasteiger partial charge in [0.1, 0.15) is 6.17 Å². The first-order chi connectivity index (χ1) is 12.9. The van der Waals surface area contributed by atoms with E-state index in [9.17, 15) is 9.18 Å². The molecule has 6 nitrogen and oxygen atoms in total. The smallest absolute Gasteiger partial charge is 0.337 e. The molecule has 0 fully saturated rings. The lowest BCUT2D eigenvalue weighted by atomic mass is 10.1. The van der Waals surface area contributed by atoms with Crippen molar-refractivity contribution in [2.75, 3.05) is 6.61 Å². The molecular formula is C19H20BrFN4O2. The Labute approximate surface area is 164 Å². The zero-order chi connectivity index (χ0) is 19.3. The third-order valence-corrected chi connectivity index (χ3v) is 5.86. The molecule has 4 rings (SSSR count). The molecule has 1 aromatic carbocycles. The zero-order valence-corrected chi connectivity index (χ0v) is 17.0. The molecule has 3 aromatic rings. The molecule has 8 heteroatoms. The van der Waals surface area contributed by atoms with Crippen LogP contribution in [0.3, 0.4) is 0 Å². The van der Waals surface area contributed by atoms with Crippen LogP contribution < -0.4 is 0 Å². The summed E-state index contributed by atoms with van der Waals surface area (Å²) in [4.78, 5) is 17.2. The van der Waals surface area contributed by atoms with E-state index in [-0.39, 0.29) is 19.6 Å². The number of aryl methyl sites for hydroxylation is 2. The van der Waals surface area contributed by atoms with E-state index in [4.69, 9.17) is 4.74 Å². The Morgan fingerprint density at radius 3 is 3.00 bits per heavy atom. The molecule has 0 radical (unpaired) electrons. The Morgan fingerprint density at radius 2 is 2.26 bits per heavy atom. The summed E-state index contributed by atoms with van der Waals surface area (Å²) in [6.45, 7) is 6.26. The van der Waals surface area contributed by atoms with Crippen LogP contribution in [0.1, 0.15) is 35.5 Å². The predicted molar refractivity (Wildman–Crippen MR) is 103 cm³/mol. The molecule has 142 valence electrons. The number of benzene rings is 1. The van der Waals surface area contributed by atoms with E-state index in [1.807, 2.05) is 26.1 Å². The average molecular weight is 435 g/mol. The summed E-state index contributed by atoms with van der Waals surface area (Å²) >= 11 is 3.55. The van der Waals surface area contributed by atoms with Gasteiger partial charge in [0.25, 0.3) is 0 Å². The fourth-order valence-corrected chi connectivity index (χ4v) is 4.19. The molecule has 1 aliphatic rings. The second-order valence-corrected chi connectivity index (χ2v) is 7.71. The van der Waals surface area contributed by atoms with E-state index in [0.29, 0.717) is 5.69 Å². The SMILES string of the molecule is CCOC(=O)C(c1ncn2c1CC(F)C2)n1cc2c(C)cc(Br)c(C)c2n1. The van der Waals surface area contributed by atoms with Crippen LogP contribution in [0, 0.1) is 13.8 Å². The van der Waals surface area contributed by atoms with E-state index in [1.54, 1.807) is 22.5 Å². The third kappa shape index (κ3) is 2.96. The molecule has 3 heterocycles. The highest BCUT2D eigenvalue weighted by molar-refractivity contribution is 9.10. The Balaban J connectivity index is 1.88. The van der Waals surface area contributed by atoms with Crippen LogP contribution in [-0.4, -0.2) is 38.1 Å². The van der Waals surface area contributed by atoms with Crippen LogP contribution >= 0.6 is 15.9 Å². The first-order valence-corrected chi connectivity index (χ1v) is 9.69. The van der Waals surface area contributed by atoms with Gasteiger partial charge in [-0.1, -0.05) is 15.9 Å². The van der Waals surface area contributed by atoms with Crippen molar-refractivity contribution in [3.8, 4) is 0 Å². The van der Waals surface area contributed by atoms with Gasteiger partial charge in [0.15, 0.2) is 6.04 Å². The van der Waals surface area contributed by atoms with Gasteiger partial charge in [0.05, 0.1) is 30.7 Å². The second-order valence-electron chi connectivity index (χ2n) is 6.86. The lowest BCUT2D eigenvalue weighted by Gasteiger charge is -2.15. The normalized spacial score (nSPS) is 17.3. The van der Waals surface area contributed by atoms with Gasteiger partial charge in [-0.2, -0.15) is 5.10 Å². The van der Waals surface area contributed by atoms with Gasteiger partial charge in [-0.3, -0.25) is 4.68 Å². The Kier molecular flexibility index (Phi) is 4.53. The zero-order valence-electron chi connectivity index (χ0n) is 15.4. The molecule has 2 aromatic heterocycles. The van der Waals surface area contributed by atoms with Gasteiger partial charge in [-0.15, -0.1) is 0 Å². The Morgan fingerprint density at radius 1 is 1.48 bits per heavy atom. The molecule has 0 spiro atoms. The molecule has 0 aliphatic carbocycles. The number of halogens is 2. The number of fused-ring (bicyclic) bond motifs is 2. The maximum atomic E-state index is 13.9. The van der Waals surface area contributed by atoms with Gasteiger partial charge >= 0.3 is 5.97 Å². The van der Waals surface area contributed by atoms with Gasteiger partial charge in [0, 0.05) is 28.2 Å². The van der Waals surface area contributed by atoms with Crippen molar-refractivity contribution < 1.29 is 13.9 Å². The lowest BCUT2D eigenvalue weighted by Crippen LogP contribution is -2.25. The molecule has 27 heavy (non-hydrogen) atoms. The minimum atomic E-state index is -0.957. The number of rotatable bonds is 4. The Bertz CT molecular complexity index is 1040. The van der Waals surface area contributed by atoms with Crippen LogP contribution in [0.15, 0.2) is 23.1 Å². The number of ether oxygens (including phenoxy) is 1. The van der Waals surface area contributed by atoms with Crippen molar-refractivity contribution in [1.82, 2.24) is 19.3 Å². The molecular weight excluding hydrogens is 415 g/mol. The maximum absolute atomic E-state index is 13.9. The van der Waals surface area contributed by atoms with E-state index in [1.165, 1.54) is 0 Å². The molecule has 0 bridgehead atoms. The van der Waals surface area contributed by atoms with E-state index < -0.39 is 18.2 Å². The summed E-state index contributed by atoms with van der Waals surface area (Å²) in [5, 5.41) is 5.64. The summed E-state index contributed by atoms with van der Waals surface area (Å²) in [5.41, 5.74) is 4.10. The minimum absolute atomic E-state index is 0.246. The number of carbonyl (C=O) groups is 1. The standard InChI is InChI=1S/C19H20BrFN4O2/c1-4-27-19(26)18(17-15-6-12(21)7-24(15)9-22-17)25-8-13-10(2)5-14(20)11(3)16(13)23-25/h5,8-9,12,18H,4,6-7H2,1-3H3. The number of carbonyl (C=O) groups excluding carboxylic acids is 1. The van der Waals surface area contributed by atoms with E-state index in [2.05, 4.69) is 26.0 Å². The highest BCUT2D eigenvalue weighted by Crippen LogP contribution is 2.32. The van der Waals surface area contributed by atoms with Crippen LogP contribution in [0.25, 0.3) is 10.9 Å². The summed E-state index contributed by atoms with van der Waals surface area (Å²) in [5.74, 6) is -0.441. The fourth-order valence-electron chi connectivity index (χ4n) is 3.66. The summed E-state index contributed by atoms with van der Waals surface area (Å²) in [6.07, 6.45) is 2.73. The molecule has 0 saturated heterocycles. The lowest BCUT2D eigenvalue weighted by molar-refractivity contribution is -0.146. The Hall–Kier alpha value is -2.22. The van der Waals surface area contributed by atoms with Gasteiger partial charge in [-0.05, 0) is 38.0 Å². The molecule has 0 saturated carbocycles. The van der Waals surface area contributed by atoms with Crippen LogP contribution in [0.4, 0.5) is 4.39 Å². The molecule has 0 N–H and O–H groups in total. The number of esters is 1. The molecule has 0 amide bonds. The number of alkyl halides is 1. The predicted octanol–water partition coefficient (Wildman–Crippen LogP) is 3.66. The monoisotopic (exact) mass is 434 g/mol. The quantitative estimate of drug-likeness (QED) is 0.587. The van der Waals surface area contributed by atoms with Crippen LogP contribution in [-0.2, 0) is 22.5 Å². The third-order valence-electron chi connectivity index (χ3n) is 5.04. The fraction of sp³-hybridized carbons (Fsp3) is 0.421. The number of nitrogens with zero attached hydrogens (tertiary/aromatic N) is 4. The highest BCUT2D eigenvalue weighted by atomic mass is 79.9. The van der Waals surface area contributed by atoms with Crippen molar-refractivity contribution in [3.05, 3.63) is 45.6 Å². The average Bonchev–Trinajstić information content (AvgIpc) is 3.29. The second kappa shape index (κ2) is 6.74. The minimum Gasteiger partial charge on any atom is -0.464 e. The summed E-state index contributed by atoms with van der Waals surface area (Å²) < 4.78 is 23.5. The van der Waals surface area contributed by atoms with Gasteiger partial charge < -0.3 is 9.30 Å². The first kappa shape index (κ1) is 18.2. The molecule has 2 unspecified atom stereocenters. The van der Waals surface area contributed by atoms with Crippen molar-refractivity contribution >= 4 is 32.8 Å². The molecule has 1 aliphatic heterocycles. The number of hydrogen-bond acceptors (Lipinski definition) is 4. The van der Waals surface area contributed by atoms with Crippen molar-refractivity contribution in [2.45, 2.75) is 46.0 Å². The number of aromatic nitrogens is 4. The van der Waals surface area contributed by atoms with Crippen molar-refractivity contribution in [2.24, 2.45) is 0 Å². The van der Waals surface area contributed by atoms with Crippen molar-refractivity contribution in [1.29, 1.82) is 0 Å². The van der Waals surface area contributed by atoms with E-state index >= 15 is 0 Å². The largest absolute Gasteiger partial charge is 0.464 e. The summed E-state index contributed by atoms with van der Waals surface area (Å²) in [6, 6.07) is 1.20.